The minimum Gasteiger partial charge on any atom is -0.299 e. The van der Waals surface area contributed by atoms with Crippen LogP contribution < -0.4 is 0 Å². The second-order valence-electron chi connectivity index (χ2n) is 5.27. The summed E-state index contributed by atoms with van der Waals surface area (Å²) < 4.78 is 0. The van der Waals surface area contributed by atoms with Crippen molar-refractivity contribution in [3.8, 4) is 0 Å². The topological polar surface area (TPSA) is 17.1 Å². The summed E-state index contributed by atoms with van der Waals surface area (Å²) in [7, 11) is 0. The van der Waals surface area contributed by atoms with E-state index in [0.29, 0.717) is 17.6 Å². The van der Waals surface area contributed by atoms with E-state index >= 15 is 0 Å². The van der Waals surface area contributed by atoms with E-state index < -0.39 is 0 Å². The van der Waals surface area contributed by atoms with Gasteiger partial charge >= 0.3 is 0 Å². The summed E-state index contributed by atoms with van der Waals surface area (Å²) in [6.45, 7) is 3.99. The number of rotatable bonds is 4. The fourth-order valence-electron chi connectivity index (χ4n) is 2.42. The van der Waals surface area contributed by atoms with Crippen LogP contribution in [0.3, 0.4) is 0 Å². The standard InChI is InChI=1S/C15H20O/c1-11(2)15(16)10-12-8-14(9-12)13-6-4-3-5-7-13/h3-7,11-12,14H,8-10H2,1-2H3. The van der Waals surface area contributed by atoms with Gasteiger partial charge in [0, 0.05) is 12.3 Å². The Balaban J connectivity index is 1.80. The third kappa shape index (κ3) is 2.52. The molecule has 1 nitrogen and oxygen atoms in total. The first kappa shape index (κ1) is 11.4. The van der Waals surface area contributed by atoms with E-state index in [0.717, 1.165) is 6.42 Å². The Kier molecular flexibility index (Phi) is 3.42. The van der Waals surface area contributed by atoms with Crippen LogP contribution in [0.5, 0.6) is 0 Å². The maximum Gasteiger partial charge on any atom is 0.135 e. The van der Waals surface area contributed by atoms with Crippen molar-refractivity contribution in [2.75, 3.05) is 0 Å². The lowest BCUT2D eigenvalue weighted by Crippen LogP contribution is -2.25. The average Bonchev–Trinajstić information content (AvgIpc) is 2.23. The molecule has 1 saturated carbocycles. The quantitative estimate of drug-likeness (QED) is 0.748. The summed E-state index contributed by atoms with van der Waals surface area (Å²) in [6.07, 6.45) is 3.19. The minimum absolute atomic E-state index is 0.204. The van der Waals surface area contributed by atoms with Crippen LogP contribution in [0.1, 0.15) is 44.6 Å². The van der Waals surface area contributed by atoms with E-state index in [9.17, 15) is 4.79 Å². The minimum atomic E-state index is 0.204. The van der Waals surface area contributed by atoms with E-state index in [1.807, 2.05) is 13.8 Å². The number of Topliss-reactive ketones (excluding diaryl/α,β-unsaturated/α-hetero) is 1. The second-order valence-corrected chi connectivity index (χ2v) is 5.27. The molecule has 0 bridgehead atoms. The van der Waals surface area contributed by atoms with Gasteiger partial charge in [-0.25, -0.2) is 0 Å². The molecule has 2 rings (SSSR count). The van der Waals surface area contributed by atoms with Gasteiger partial charge < -0.3 is 0 Å². The van der Waals surface area contributed by atoms with Crippen LogP contribution in [0.25, 0.3) is 0 Å². The number of hydrogen-bond acceptors (Lipinski definition) is 1. The highest BCUT2D eigenvalue weighted by atomic mass is 16.1. The van der Waals surface area contributed by atoms with Gasteiger partial charge in [-0.15, -0.1) is 0 Å². The molecule has 1 aromatic carbocycles. The van der Waals surface area contributed by atoms with Crippen molar-refractivity contribution in [1.29, 1.82) is 0 Å². The molecule has 1 aliphatic carbocycles. The fraction of sp³-hybridized carbons (Fsp3) is 0.533. The van der Waals surface area contributed by atoms with Crippen LogP contribution in [0.4, 0.5) is 0 Å². The molecule has 0 saturated heterocycles. The predicted molar refractivity (Wildman–Crippen MR) is 66.4 cm³/mol. The molecule has 0 aliphatic heterocycles. The first-order chi connectivity index (χ1) is 7.66. The summed E-state index contributed by atoms with van der Waals surface area (Å²) in [5.74, 6) is 1.97. The van der Waals surface area contributed by atoms with Gasteiger partial charge in [-0.1, -0.05) is 44.2 Å². The van der Waals surface area contributed by atoms with Gasteiger partial charge in [0.15, 0.2) is 0 Å². The first-order valence-corrected chi connectivity index (χ1v) is 6.24. The molecule has 0 aromatic heterocycles. The lowest BCUT2D eigenvalue weighted by molar-refractivity contribution is -0.123. The molecule has 1 aromatic rings. The molecule has 1 heteroatoms. The predicted octanol–water partition coefficient (Wildman–Crippen LogP) is 3.80. The molecule has 0 atom stereocenters. The summed E-state index contributed by atoms with van der Waals surface area (Å²) in [5.41, 5.74) is 1.44. The zero-order valence-corrected chi connectivity index (χ0v) is 10.1. The number of hydrogen-bond donors (Lipinski definition) is 0. The van der Waals surface area contributed by atoms with Gasteiger partial charge in [0.1, 0.15) is 5.78 Å². The molecule has 1 fully saturated rings. The highest BCUT2D eigenvalue weighted by Crippen LogP contribution is 2.43. The molecule has 0 N–H and O–H groups in total. The van der Waals surface area contributed by atoms with Crippen LogP contribution in [-0.2, 0) is 4.79 Å². The van der Waals surface area contributed by atoms with Crippen LogP contribution in [0, 0.1) is 11.8 Å². The highest BCUT2D eigenvalue weighted by molar-refractivity contribution is 5.80. The SMILES string of the molecule is CC(C)C(=O)CC1CC(c2ccccc2)C1. The molecule has 0 radical (unpaired) electrons. The van der Waals surface area contributed by atoms with E-state index in [1.165, 1.54) is 18.4 Å². The van der Waals surface area contributed by atoms with Crippen LogP contribution in [0.2, 0.25) is 0 Å². The van der Waals surface area contributed by atoms with E-state index in [-0.39, 0.29) is 5.92 Å². The third-order valence-electron chi connectivity index (χ3n) is 3.64. The van der Waals surface area contributed by atoms with E-state index in [4.69, 9.17) is 0 Å². The summed E-state index contributed by atoms with van der Waals surface area (Å²) in [4.78, 5) is 11.6. The maximum atomic E-state index is 11.6. The second kappa shape index (κ2) is 4.82. The summed E-state index contributed by atoms with van der Waals surface area (Å²) in [5, 5.41) is 0. The lowest BCUT2D eigenvalue weighted by atomic mass is 9.69. The molecule has 16 heavy (non-hydrogen) atoms. The van der Waals surface area contributed by atoms with Gasteiger partial charge in [-0.05, 0) is 30.2 Å². The highest BCUT2D eigenvalue weighted by Gasteiger charge is 2.31. The molecule has 0 unspecified atom stereocenters. The number of ketones is 1. The third-order valence-corrected chi connectivity index (χ3v) is 3.64. The van der Waals surface area contributed by atoms with Crippen molar-refractivity contribution in [1.82, 2.24) is 0 Å². The lowest BCUT2D eigenvalue weighted by Gasteiger charge is -2.35. The maximum absolute atomic E-state index is 11.6. The number of carbonyl (C=O) groups excluding carboxylic acids is 1. The number of benzene rings is 1. The van der Waals surface area contributed by atoms with E-state index in [1.54, 1.807) is 0 Å². The van der Waals surface area contributed by atoms with Crippen molar-refractivity contribution < 1.29 is 4.79 Å². The number of carbonyl (C=O) groups is 1. The monoisotopic (exact) mass is 216 g/mol. The van der Waals surface area contributed by atoms with Gasteiger partial charge in [-0.2, -0.15) is 0 Å². The Morgan fingerprint density at radius 3 is 2.44 bits per heavy atom. The summed E-state index contributed by atoms with van der Waals surface area (Å²) in [6, 6.07) is 10.7. The van der Waals surface area contributed by atoms with Crippen molar-refractivity contribution in [3.63, 3.8) is 0 Å². The van der Waals surface area contributed by atoms with Crippen molar-refractivity contribution in [3.05, 3.63) is 35.9 Å². The van der Waals surface area contributed by atoms with Crippen LogP contribution in [0.15, 0.2) is 30.3 Å². The molecule has 0 heterocycles. The normalized spacial score (nSPS) is 24.2. The van der Waals surface area contributed by atoms with Gasteiger partial charge in [0.25, 0.3) is 0 Å². The molecule has 0 spiro atoms. The van der Waals surface area contributed by atoms with Crippen molar-refractivity contribution >= 4 is 5.78 Å². The Labute approximate surface area is 97.9 Å². The Morgan fingerprint density at radius 1 is 1.25 bits per heavy atom. The largest absolute Gasteiger partial charge is 0.299 e. The molecule has 86 valence electrons. The Bertz CT molecular complexity index is 347. The Hall–Kier alpha value is -1.11. The van der Waals surface area contributed by atoms with Crippen LogP contribution in [-0.4, -0.2) is 5.78 Å². The van der Waals surface area contributed by atoms with Crippen LogP contribution >= 0.6 is 0 Å². The smallest absolute Gasteiger partial charge is 0.135 e. The van der Waals surface area contributed by atoms with Crippen molar-refractivity contribution in [2.45, 2.75) is 39.0 Å². The molecular formula is C15H20O. The molecular weight excluding hydrogens is 196 g/mol. The van der Waals surface area contributed by atoms with Crippen molar-refractivity contribution in [2.24, 2.45) is 11.8 Å². The fourth-order valence-corrected chi connectivity index (χ4v) is 2.42. The van der Waals surface area contributed by atoms with E-state index in [2.05, 4.69) is 30.3 Å². The Morgan fingerprint density at radius 2 is 1.88 bits per heavy atom. The van der Waals surface area contributed by atoms with Gasteiger partial charge in [0.2, 0.25) is 0 Å². The molecule has 0 amide bonds. The average molecular weight is 216 g/mol. The first-order valence-electron chi connectivity index (χ1n) is 6.24. The van der Waals surface area contributed by atoms with Gasteiger partial charge in [-0.3, -0.25) is 4.79 Å². The summed E-state index contributed by atoms with van der Waals surface area (Å²) >= 11 is 0. The van der Waals surface area contributed by atoms with Gasteiger partial charge in [0.05, 0.1) is 0 Å². The molecule has 1 aliphatic rings. The zero-order chi connectivity index (χ0) is 11.5. The zero-order valence-electron chi connectivity index (χ0n) is 10.1.